The van der Waals surface area contributed by atoms with Crippen LogP contribution in [0.2, 0.25) is 0 Å². The summed E-state index contributed by atoms with van der Waals surface area (Å²) in [4.78, 5) is 106. The highest BCUT2D eigenvalue weighted by molar-refractivity contribution is 8.14. The number of carboxylic acids is 1. The normalized spacial score (nSPS) is 9.42. The lowest BCUT2D eigenvalue weighted by molar-refractivity contribution is -0.384. The molecule has 23 nitrogen and oxygen atoms in total. The number of nitrogens with zero attached hydrogens (tertiary/aromatic N) is 1. The highest BCUT2D eigenvalue weighted by Gasteiger charge is 2.10. The average molecular weight is 963 g/mol. The lowest BCUT2D eigenvalue weighted by Gasteiger charge is -2.07. The Morgan fingerprint density at radius 3 is 1.48 bits per heavy atom. The molecule has 0 unspecified atom stereocenters. The Bertz CT molecular complexity index is 1460. The largest absolute Gasteiger partial charge is 0.513 e. The van der Waals surface area contributed by atoms with E-state index in [0.29, 0.717) is 48.9 Å². The van der Waals surface area contributed by atoms with Crippen LogP contribution in [-0.2, 0) is 47.8 Å². The smallest absolute Gasteiger partial charge is 0.481 e. The fraction of sp³-hybridized carbons (Fsp3) is 0.571. The number of hydrogen-bond acceptors (Lipinski definition) is 22. The van der Waals surface area contributed by atoms with Crippen molar-refractivity contribution in [2.45, 2.75) is 46.5 Å². The maximum Gasteiger partial charge on any atom is 0.513 e. The molecule has 0 aromatic heterocycles. The Morgan fingerprint density at radius 2 is 1.11 bits per heavy atom. The van der Waals surface area contributed by atoms with Crippen LogP contribution in [0.4, 0.5) is 10.5 Å². The Morgan fingerprint density at radius 1 is 0.694 bits per heavy atom. The van der Waals surface area contributed by atoms with Crippen molar-refractivity contribution in [3.05, 3.63) is 34.4 Å². The van der Waals surface area contributed by atoms with Gasteiger partial charge in [0.1, 0.15) is 19.0 Å². The topological polar surface area (TPSA) is 373 Å². The first-order valence-corrected chi connectivity index (χ1v) is 21.8. The van der Waals surface area contributed by atoms with Crippen molar-refractivity contribution in [2.24, 2.45) is 11.5 Å². The summed E-state index contributed by atoms with van der Waals surface area (Å²) >= 11 is 7.12. The number of hydrogen-bond donors (Lipinski definition) is 9. The van der Waals surface area contributed by atoms with E-state index in [1.807, 2.05) is 0 Å². The number of thioether (sulfide) groups is 3. The van der Waals surface area contributed by atoms with E-state index in [-0.39, 0.29) is 103 Å². The van der Waals surface area contributed by atoms with Crippen LogP contribution in [0.5, 0.6) is 5.75 Å². The number of esters is 1. The molecule has 0 heterocycles. The fourth-order valence-electron chi connectivity index (χ4n) is 2.92. The van der Waals surface area contributed by atoms with Gasteiger partial charge in [0.05, 0.1) is 44.2 Å². The second-order valence-electron chi connectivity index (χ2n) is 10.8. The molecule has 10 N–H and O–H groups in total. The number of nitro benzene ring substituents is 1. The van der Waals surface area contributed by atoms with Crippen molar-refractivity contribution < 1.29 is 77.6 Å². The molecular weight excluding hydrogens is 905 g/mol. The van der Waals surface area contributed by atoms with Crippen LogP contribution < -0.4 is 32.2 Å². The van der Waals surface area contributed by atoms with Gasteiger partial charge in [-0.3, -0.25) is 48.5 Å². The number of ether oxygens (including phenoxy) is 3. The molecule has 27 heteroatoms. The Balaban J connectivity index is -0.000000377. The molecule has 0 aliphatic carbocycles. The molecule has 0 bridgehead atoms. The van der Waals surface area contributed by atoms with Crippen molar-refractivity contribution in [3.8, 4) is 5.75 Å². The molecule has 0 fully saturated rings. The fourth-order valence-corrected chi connectivity index (χ4v) is 4.84. The summed E-state index contributed by atoms with van der Waals surface area (Å²) in [6, 6.07) is 4.94. The molecular formula is C35H58N6O17S4. The van der Waals surface area contributed by atoms with Gasteiger partial charge in [0.15, 0.2) is 15.3 Å². The van der Waals surface area contributed by atoms with Crippen LogP contribution in [0.15, 0.2) is 24.3 Å². The summed E-state index contributed by atoms with van der Waals surface area (Å²) in [7, 11) is 0. The highest BCUT2D eigenvalue weighted by atomic mass is 32.2. The van der Waals surface area contributed by atoms with Gasteiger partial charge in [-0.05, 0) is 17.9 Å². The molecule has 1 rings (SSSR count). The minimum Gasteiger partial charge on any atom is -0.481 e. The Kier molecular flexibility index (Phi) is 47.6. The van der Waals surface area contributed by atoms with Crippen LogP contribution in [0.1, 0.15) is 46.5 Å². The van der Waals surface area contributed by atoms with Gasteiger partial charge >= 0.3 is 18.1 Å². The molecule has 0 saturated carbocycles. The zero-order chi connectivity index (χ0) is 48.1. The van der Waals surface area contributed by atoms with E-state index < -0.39 is 23.0 Å². The summed E-state index contributed by atoms with van der Waals surface area (Å²) < 4.78 is 14.2. The first-order chi connectivity index (χ1) is 29.3. The molecule has 354 valence electrons. The third kappa shape index (κ3) is 53.5. The molecule has 3 amide bonds. The summed E-state index contributed by atoms with van der Waals surface area (Å²) in [5.41, 5.74) is 9.64. The van der Waals surface area contributed by atoms with Crippen LogP contribution >= 0.6 is 47.9 Å². The molecule has 1 aromatic rings. The maximum absolute atomic E-state index is 11.4. The van der Waals surface area contributed by atoms with Gasteiger partial charge in [0, 0.05) is 82.5 Å². The monoisotopic (exact) mass is 962 g/mol. The number of thiol groups is 1. The van der Waals surface area contributed by atoms with Crippen LogP contribution in [0.3, 0.4) is 0 Å². The van der Waals surface area contributed by atoms with Crippen LogP contribution in [0.25, 0.3) is 0 Å². The third-order valence-electron chi connectivity index (χ3n) is 5.54. The van der Waals surface area contributed by atoms with Crippen LogP contribution in [-0.4, -0.2) is 154 Å². The number of rotatable bonds is 23. The summed E-state index contributed by atoms with van der Waals surface area (Å²) in [5.74, 6) is 0.0892. The van der Waals surface area contributed by atoms with Crippen LogP contribution in [0, 0.1) is 10.1 Å². The first-order valence-electron chi connectivity index (χ1n) is 18.2. The average Bonchev–Trinajstić information content (AvgIpc) is 3.20. The lowest BCUT2D eigenvalue weighted by Crippen LogP contribution is -2.29. The third-order valence-corrected chi connectivity index (χ3v) is 8.21. The Hall–Kier alpha value is -4.51. The van der Waals surface area contributed by atoms with Gasteiger partial charge in [-0.2, -0.15) is 12.6 Å². The molecule has 0 aliphatic rings. The van der Waals surface area contributed by atoms with Crippen molar-refractivity contribution in [3.63, 3.8) is 0 Å². The quantitative estimate of drug-likeness (QED) is 0.0177. The molecule has 0 atom stereocenters. The number of aliphatic hydroxyl groups is 2. The molecule has 0 spiro atoms. The van der Waals surface area contributed by atoms with E-state index >= 15 is 0 Å². The highest BCUT2D eigenvalue weighted by Crippen LogP contribution is 2.17. The minimum atomic E-state index is -0.981. The van der Waals surface area contributed by atoms with Crippen molar-refractivity contribution >= 4 is 105 Å². The van der Waals surface area contributed by atoms with Crippen molar-refractivity contribution in [1.82, 2.24) is 16.0 Å². The predicted octanol–water partition coefficient (Wildman–Crippen LogP) is 0.264. The number of aliphatic hydroxyl groups excluding tert-OH is 2. The number of carbonyl (C=O) groups excluding carboxylic acids is 8. The van der Waals surface area contributed by atoms with Crippen molar-refractivity contribution in [2.75, 3.05) is 82.2 Å². The van der Waals surface area contributed by atoms with E-state index in [1.165, 1.54) is 45.0 Å². The number of amides is 3. The van der Waals surface area contributed by atoms with Gasteiger partial charge in [0.2, 0.25) is 17.7 Å². The van der Waals surface area contributed by atoms with Gasteiger partial charge in [-0.15, -0.1) is 0 Å². The Labute approximate surface area is 377 Å². The van der Waals surface area contributed by atoms with E-state index in [2.05, 4.69) is 33.3 Å². The minimum absolute atomic E-state index is 0.0185. The van der Waals surface area contributed by atoms with Gasteiger partial charge in [-0.25, -0.2) is 4.79 Å². The first kappa shape index (κ1) is 64.1. The second kappa shape index (κ2) is 46.0. The molecule has 0 aliphatic heterocycles. The van der Waals surface area contributed by atoms with Gasteiger partial charge < -0.3 is 56.9 Å². The SMILES string of the molecule is CC(=O)SCCC(=O)NCCO.CC(=O)SCCC(=O)NCCOC(=O)Oc1ccc([N+](=O)[O-])cc1.CC(=O)SCCC(=O)O.NCC(=O)OCCNC(=O)CCS.NCCO. The molecule has 62 heavy (non-hydrogen) atoms. The van der Waals surface area contributed by atoms with E-state index in [0.717, 1.165) is 35.3 Å². The molecule has 0 saturated heterocycles. The summed E-state index contributed by atoms with van der Waals surface area (Å²) in [5, 5.41) is 42.2. The molecule has 1 aromatic carbocycles. The number of non-ortho nitro benzene ring substituents is 1. The number of carboxylic acid groups (broad SMARTS) is 1. The summed E-state index contributed by atoms with van der Waals surface area (Å²) in [6.07, 6.45) is -0.0369. The van der Waals surface area contributed by atoms with E-state index in [9.17, 15) is 53.3 Å². The lowest BCUT2D eigenvalue weighted by atomic mass is 10.3. The zero-order valence-corrected chi connectivity index (χ0v) is 38.0. The number of nitrogens with one attached hydrogen (secondary N) is 3. The number of benzene rings is 1. The number of nitro groups is 1. The van der Waals surface area contributed by atoms with Crippen molar-refractivity contribution in [1.29, 1.82) is 0 Å². The van der Waals surface area contributed by atoms with Gasteiger partial charge in [0.25, 0.3) is 5.69 Å². The van der Waals surface area contributed by atoms with E-state index in [1.54, 1.807) is 0 Å². The van der Waals surface area contributed by atoms with E-state index in [4.69, 9.17) is 36.3 Å². The second-order valence-corrected chi connectivity index (χ2v) is 15.1. The summed E-state index contributed by atoms with van der Waals surface area (Å²) in [6.45, 7) is 5.39. The van der Waals surface area contributed by atoms with Gasteiger partial charge in [-0.1, -0.05) is 35.3 Å². The number of aliphatic carboxylic acids is 1. The maximum atomic E-state index is 11.4. The standard InChI is InChI=1S/C14H16N2O7S.C7H14N2O3S.C7H13NO3S.C5H8O3S.C2H7NO/c1-10(17)24-9-6-13(18)15-7-8-22-14(19)23-12-4-2-11(3-5-12)16(20)21;8-5-7(11)12-3-2-9-6(10)1-4-13;1-6(10)12-5-2-7(11)8-3-4-9;1-4(6)9-3-2-5(7)8;3-1-2-4/h2-5H,6-9H2,1H3,(H,15,18);13H,1-5,8H2,(H,9,10);9H,2-5H2,1H3,(H,8,11);2-3H2,1H3,(H,7,8);4H,1-3H2. The zero-order valence-electron chi connectivity index (χ0n) is 34.7. The number of carbonyl (C=O) groups is 9. The predicted molar refractivity (Wildman–Crippen MR) is 237 cm³/mol. The molecule has 0 radical (unpaired) electrons. The number of nitrogens with two attached hydrogens (primary N) is 2.